The first-order valence-corrected chi connectivity index (χ1v) is 8.22. The predicted octanol–water partition coefficient (Wildman–Crippen LogP) is 3.23. The van der Waals surface area contributed by atoms with E-state index in [1.54, 1.807) is 6.33 Å². The van der Waals surface area contributed by atoms with Crippen LogP contribution < -0.4 is 10.6 Å². The van der Waals surface area contributed by atoms with Crippen molar-refractivity contribution < 1.29 is 4.79 Å². The Morgan fingerprint density at radius 2 is 1.88 bits per heavy atom. The number of hydrogen-bond acceptors (Lipinski definition) is 3. The third kappa shape index (κ3) is 4.36. The van der Waals surface area contributed by atoms with Crippen molar-refractivity contribution in [3.05, 3.63) is 76.8 Å². The largest absolute Gasteiger partial charge is 0.334 e. The Balaban J connectivity index is 1.57. The fourth-order valence-electron chi connectivity index (χ4n) is 2.41. The molecule has 0 aliphatic rings. The third-order valence-corrected chi connectivity index (χ3v) is 4.05. The van der Waals surface area contributed by atoms with Gasteiger partial charge in [0.2, 0.25) is 0 Å². The van der Waals surface area contributed by atoms with Crippen LogP contribution in [0.15, 0.2) is 54.9 Å². The number of carbonyl (C=O) groups excluding carboxylic acids is 1. The van der Waals surface area contributed by atoms with Gasteiger partial charge in [-0.1, -0.05) is 35.9 Å². The van der Waals surface area contributed by atoms with Gasteiger partial charge in [-0.25, -0.2) is 4.79 Å². The predicted molar refractivity (Wildman–Crippen MR) is 96.6 cm³/mol. The van der Waals surface area contributed by atoms with Crippen LogP contribution in [-0.2, 0) is 13.1 Å². The van der Waals surface area contributed by atoms with Crippen LogP contribution >= 0.6 is 11.6 Å². The zero-order chi connectivity index (χ0) is 17.6. The molecule has 0 saturated carbocycles. The summed E-state index contributed by atoms with van der Waals surface area (Å²) in [5, 5.41) is 14.2. The molecule has 25 heavy (non-hydrogen) atoms. The highest BCUT2D eigenvalue weighted by Gasteiger charge is 2.08. The minimum atomic E-state index is -0.276. The fraction of sp³-hybridized carbons (Fsp3) is 0.167. The summed E-state index contributed by atoms with van der Waals surface area (Å²) in [6, 6.07) is 15.1. The standard InChI is InChI=1S/C18H18ClN5O/c1-13-7-8-15(19)9-14(13)10-20-18(25)21-11-17-23-22-12-24(17)16-5-3-2-4-6-16/h2-9,12H,10-11H2,1H3,(H2,20,21,25). The SMILES string of the molecule is Cc1ccc(Cl)cc1CNC(=O)NCc1nncn1-c1ccccc1. The molecule has 7 heteroatoms. The molecule has 2 N–H and O–H groups in total. The lowest BCUT2D eigenvalue weighted by molar-refractivity contribution is 0.240. The Hall–Kier alpha value is -2.86. The summed E-state index contributed by atoms with van der Waals surface area (Å²) in [6.45, 7) is 2.66. The van der Waals surface area contributed by atoms with Crippen molar-refractivity contribution in [2.24, 2.45) is 0 Å². The van der Waals surface area contributed by atoms with Crippen LogP contribution in [0.1, 0.15) is 17.0 Å². The number of aryl methyl sites for hydroxylation is 1. The molecule has 128 valence electrons. The number of urea groups is 1. The van der Waals surface area contributed by atoms with Gasteiger partial charge in [0.05, 0.1) is 6.54 Å². The molecule has 0 saturated heterocycles. The van der Waals surface area contributed by atoms with Crippen LogP contribution in [0.3, 0.4) is 0 Å². The van der Waals surface area contributed by atoms with Crippen molar-refractivity contribution in [3.63, 3.8) is 0 Å². The maximum Gasteiger partial charge on any atom is 0.315 e. The molecule has 0 bridgehead atoms. The zero-order valence-corrected chi connectivity index (χ0v) is 14.5. The van der Waals surface area contributed by atoms with Gasteiger partial charge in [0.25, 0.3) is 0 Å². The van der Waals surface area contributed by atoms with Gasteiger partial charge in [-0.3, -0.25) is 4.57 Å². The number of rotatable bonds is 5. The van der Waals surface area contributed by atoms with E-state index in [0.29, 0.717) is 17.4 Å². The average molecular weight is 356 g/mol. The van der Waals surface area contributed by atoms with Crippen molar-refractivity contribution in [2.45, 2.75) is 20.0 Å². The average Bonchev–Trinajstić information content (AvgIpc) is 3.10. The van der Waals surface area contributed by atoms with Gasteiger partial charge in [-0.15, -0.1) is 10.2 Å². The van der Waals surface area contributed by atoms with Crippen LogP contribution in [0, 0.1) is 6.92 Å². The van der Waals surface area contributed by atoms with Gasteiger partial charge < -0.3 is 10.6 Å². The lowest BCUT2D eigenvalue weighted by atomic mass is 10.1. The maximum absolute atomic E-state index is 12.0. The summed E-state index contributed by atoms with van der Waals surface area (Å²) >= 11 is 5.99. The molecular weight excluding hydrogens is 338 g/mol. The molecule has 2 aromatic carbocycles. The van der Waals surface area contributed by atoms with Crippen LogP contribution in [-0.4, -0.2) is 20.8 Å². The normalized spacial score (nSPS) is 10.5. The van der Waals surface area contributed by atoms with E-state index in [1.807, 2.05) is 60.0 Å². The second-order valence-corrected chi connectivity index (χ2v) is 6.00. The molecule has 3 rings (SSSR count). The summed E-state index contributed by atoms with van der Waals surface area (Å²) in [7, 11) is 0. The van der Waals surface area contributed by atoms with Gasteiger partial charge in [-0.05, 0) is 42.3 Å². The molecule has 1 heterocycles. The Bertz CT molecular complexity index is 863. The summed E-state index contributed by atoms with van der Waals surface area (Å²) < 4.78 is 1.83. The minimum Gasteiger partial charge on any atom is -0.334 e. The van der Waals surface area contributed by atoms with Crippen LogP contribution in [0.2, 0.25) is 5.02 Å². The highest BCUT2D eigenvalue weighted by molar-refractivity contribution is 6.30. The molecule has 0 atom stereocenters. The van der Waals surface area contributed by atoms with E-state index in [2.05, 4.69) is 20.8 Å². The van der Waals surface area contributed by atoms with Gasteiger partial charge >= 0.3 is 6.03 Å². The second-order valence-electron chi connectivity index (χ2n) is 5.56. The number of halogens is 1. The van der Waals surface area contributed by atoms with Crippen molar-refractivity contribution in [2.75, 3.05) is 0 Å². The topological polar surface area (TPSA) is 71.8 Å². The first kappa shape index (κ1) is 17.0. The van der Waals surface area contributed by atoms with Crippen molar-refractivity contribution >= 4 is 17.6 Å². The molecule has 1 aromatic heterocycles. The quantitative estimate of drug-likeness (QED) is 0.738. The molecule has 0 aliphatic carbocycles. The molecule has 2 amide bonds. The lowest BCUT2D eigenvalue weighted by Gasteiger charge is -2.10. The Labute approximate surface area is 150 Å². The summed E-state index contributed by atoms with van der Waals surface area (Å²) in [4.78, 5) is 12.0. The van der Waals surface area contributed by atoms with E-state index < -0.39 is 0 Å². The fourth-order valence-corrected chi connectivity index (χ4v) is 2.61. The molecule has 6 nitrogen and oxygen atoms in total. The highest BCUT2D eigenvalue weighted by atomic mass is 35.5. The van der Waals surface area contributed by atoms with Gasteiger partial charge in [0.15, 0.2) is 5.82 Å². The summed E-state index contributed by atoms with van der Waals surface area (Å²) in [5.74, 6) is 0.653. The van der Waals surface area contributed by atoms with Gasteiger partial charge in [-0.2, -0.15) is 0 Å². The second kappa shape index (κ2) is 7.81. The summed E-state index contributed by atoms with van der Waals surface area (Å²) in [6.07, 6.45) is 1.62. The maximum atomic E-state index is 12.0. The van der Waals surface area contributed by atoms with Crippen molar-refractivity contribution in [3.8, 4) is 5.69 Å². The van der Waals surface area contributed by atoms with E-state index in [-0.39, 0.29) is 12.6 Å². The first-order valence-electron chi connectivity index (χ1n) is 7.84. The number of carbonyl (C=O) groups is 1. The molecule has 0 radical (unpaired) electrons. The number of nitrogens with one attached hydrogen (secondary N) is 2. The van der Waals surface area contributed by atoms with Crippen LogP contribution in [0.4, 0.5) is 4.79 Å². The number of benzene rings is 2. The van der Waals surface area contributed by atoms with E-state index in [4.69, 9.17) is 11.6 Å². The Morgan fingerprint density at radius 1 is 1.12 bits per heavy atom. The number of nitrogens with zero attached hydrogens (tertiary/aromatic N) is 3. The number of aromatic nitrogens is 3. The Kier molecular flexibility index (Phi) is 5.30. The summed E-state index contributed by atoms with van der Waals surface area (Å²) in [5.41, 5.74) is 3.00. The van der Waals surface area contributed by atoms with Crippen molar-refractivity contribution in [1.29, 1.82) is 0 Å². The third-order valence-electron chi connectivity index (χ3n) is 3.81. The lowest BCUT2D eigenvalue weighted by Crippen LogP contribution is -2.35. The van der Waals surface area contributed by atoms with E-state index >= 15 is 0 Å². The van der Waals surface area contributed by atoms with E-state index in [0.717, 1.165) is 16.8 Å². The first-order chi connectivity index (χ1) is 12.1. The zero-order valence-electron chi connectivity index (χ0n) is 13.7. The van der Waals surface area contributed by atoms with E-state index in [1.165, 1.54) is 0 Å². The minimum absolute atomic E-state index is 0.273. The smallest absolute Gasteiger partial charge is 0.315 e. The van der Waals surface area contributed by atoms with Crippen LogP contribution in [0.25, 0.3) is 5.69 Å². The van der Waals surface area contributed by atoms with Gasteiger partial charge in [0.1, 0.15) is 6.33 Å². The molecule has 0 unspecified atom stereocenters. The molecular formula is C18H18ClN5O. The van der Waals surface area contributed by atoms with Crippen molar-refractivity contribution in [1.82, 2.24) is 25.4 Å². The van der Waals surface area contributed by atoms with Crippen LogP contribution in [0.5, 0.6) is 0 Å². The monoisotopic (exact) mass is 355 g/mol. The molecule has 0 fully saturated rings. The Morgan fingerprint density at radius 3 is 2.68 bits per heavy atom. The molecule has 0 spiro atoms. The molecule has 0 aliphatic heterocycles. The van der Waals surface area contributed by atoms with Gasteiger partial charge in [0, 0.05) is 17.3 Å². The molecule has 3 aromatic rings. The number of hydrogen-bond donors (Lipinski definition) is 2. The highest BCUT2D eigenvalue weighted by Crippen LogP contribution is 2.15. The number of amides is 2. The number of para-hydroxylation sites is 1. The van der Waals surface area contributed by atoms with E-state index in [9.17, 15) is 4.79 Å².